The van der Waals surface area contributed by atoms with Crippen molar-refractivity contribution in [2.45, 2.75) is 30.8 Å². The van der Waals surface area contributed by atoms with E-state index in [0.717, 1.165) is 5.56 Å². The molecule has 1 N–H and O–H groups in total. The van der Waals surface area contributed by atoms with E-state index >= 15 is 0 Å². The zero-order chi connectivity index (χ0) is 20.3. The van der Waals surface area contributed by atoms with Crippen LogP contribution in [0.1, 0.15) is 12.0 Å². The van der Waals surface area contributed by atoms with Crippen molar-refractivity contribution in [1.29, 1.82) is 0 Å². The van der Waals surface area contributed by atoms with E-state index in [2.05, 4.69) is 15.0 Å². The summed E-state index contributed by atoms with van der Waals surface area (Å²) in [5.41, 5.74) is 0.232. The molecule has 1 fully saturated rings. The summed E-state index contributed by atoms with van der Waals surface area (Å²) in [5, 5.41) is 0. The number of fused-ring (bicyclic) bond motifs is 1. The minimum absolute atomic E-state index is 0.206. The Bertz CT molecular complexity index is 1010. The Morgan fingerprint density at radius 2 is 2.07 bits per heavy atom. The van der Waals surface area contributed by atoms with Gasteiger partial charge in [0.2, 0.25) is 0 Å². The summed E-state index contributed by atoms with van der Waals surface area (Å²) < 4.78 is 8.21. The lowest BCUT2D eigenvalue weighted by Crippen LogP contribution is -2.46. The van der Waals surface area contributed by atoms with E-state index in [9.17, 15) is 4.79 Å². The molecule has 0 amide bonds. The maximum Gasteiger partial charge on any atom is 0.278 e. The zero-order valence-corrected chi connectivity index (χ0v) is 16.1. The van der Waals surface area contributed by atoms with Gasteiger partial charge in [0.1, 0.15) is 12.7 Å². The molecule has 0 saturated carbocycles. The van der Waals surface area contributed by atoms with Gasteiger partial charge >= 0.3 is 0 Å². The number of H-pyrrole nitrogens is 1. The van der Waals surface area contributed by atoms with Gasteiger partial charge in [-0.2, -0.15) is 0 Å². The molecule has 3 heterocycles. The number of ether oxygens (including phenoxy) is 1. The summed E-state index contributed by atoms with van der Waals surface area (Å²) in [6.45, 7) is 0.206. The number of hydrogen-bond donors (Lipinski definition) is 1. The molecule has 0 aliphatic carbocycles. The van der Waals surface area contributed by atoms with Gasteiger partial charge in [-0.15, -0.1) is 0 Å². The normalized spacial score (nSPS) is 24.3. The minimum atomic E-state index is -1.06. The average Bonchev–Trinajstić information content (AvgIpc) is 3.31. The Hall–Kier alpha value is -2.63. The van der Waals surface area contributed by atoms with Crippen LogP contribution >= 0.6 is 0 Å². The van der Waals surface area contributed by atoms with Crippen molar-refractivity contribution in [3.63, 3.8) is 0 Å². The number of aromatic amines is 1. The smallest absolute Gasteiger partial charge is 0.278 e. The summed E-state index contributed by atoms with van der Waals surface area (Å²) in [5.74, 6) is 0. The van der Waals surface area contributed by atoms with Crippen molar-refractivity contribution in [2.24, 2.45) is 0 Å². The van der Waals surface area contributed by atoms with E-state index in [0.29, 0.717) is 18.5 Å². The molecule has 0 unspecified atom stereocenters. The van der Waals surface area contributed by atoms with Crippen LogP contribution in [0.2, 0.25) is 0 Å². The van der Waals surface area contributed by atoms with Crippen LogP contribution in [0.3, 0.4) is 0 Å². The predicted molar refractivity (Wildman–Crippen MR) is 101 cm³/mol. The fraction of sp³-hybridized carbons (Fsp3) is 0.421. The van der Waals surface area contributed by atoms with E-state index in [1.54, 1.807) is 10.9 Å². The summed E-state index contributed by atoms with van der Waals surface area (Å²) in [4.78, 5) is 43.8. The van der Waals surface area contributed by atoms with Crippen molar-refractivity contribution < 1.29 is 24.3 Å². The van der Waals surface area contributed by atoms with Crippen molar-refractivity contribution in [3.8, 4) is 0 Å². The minimum Gasteiger partial charge on any atom is -0.346 e. The zero-order valence-electron chi connectivity index (χ0n) is 16.1. The number of hydrogen-bond acceptors (Lipinski definition) is 8. The second kappa shape index (κ2) is 8.39. The number of imidazole rings is 1. The molecular formula is C19H22N4O6. The van der Waals surface area contributed by atoms with Crippen LogP contribution in [0.5, 0.6) is 0 Å². The molecule has 3 aromatic rings. The summed E-state index contributed by atoms with van der Waals surface area (Å²) in [6.07, 6.45) is 2.95. The molecule has 1 aliphatic heterocycles. The van der Waals surface area contributed by atoms with Crippen LogP contribution in [-0.2, 0) is 36.4 Å². The molecule has 29 heavy (non-hydrogen) atoms. The number of nitrogens with zero attached hydrogens (tertiary/aromatic N) is 3. The highest BCUT2D eigenvalue weighted by Crippen LogP contribution is 2.41. The lowest BCUT2D eigenvalue weighted by Gasteiger charge is -2.35. The molecule has 0 spiro atoms. The molecule has 1 saturated heterocycles. The highest BCUT2D eigenvalue weighted by molar-refractivity contribution is 5.69. The predicted octanol–water partition coefficient (Wildman–Crippen LogP) is 1.33. The average molecular weight is 402 g/mol. The van der Waals surface area contributed by atoms with Crippen LogP contribution in [0, 0.1) is 0 Å². The summed E-state index contributed by atoms with van der Waals surface area (Å²) in [7, 11) is 2.89. The van der Waals surface area contributed by atoms with Crippen LogP contribution in [0.25, 0.3) is 11.2 Å². The van der Waals surface area contributed by atoms with E-state index < -0.39 is 11.8 Å². The summed E-state index contributed by atoms with van der Waals surface area (Å²) >= 11 is 0. The first-order chi connectivity index (χ1) is 14.2. The number of nitrogens with one attached hydrogen (secondary N) is 1. The van der Waals surface area contributed by atoms with Crippen molar-refractivity contribution in [1.82, 2.24) is 19.5 Å². The van der Waals surface area contributed by atoms with Gasteiger partial charge in [-0.1, -0.05) is 30.3 Å². The second-order valence-corrected chi connectivity index (χ2v) is 6.70. The Morgan fingerprint density at radius 1 is 1.24 bits per heavy atom. The van der Waals surface area contributed by atoms with Crippen LogP contribution in [-0.4, -0.2) is 52.6 Å². The monoisotopic (exact) mass is 402 g/mol. The van der Waals surface area contributed by atoms with Gasteiger partial charge in [0, 0.05) is 12.8 Å². The Labute approximate surface area is 166 Å². The lowest BCUT2D eigenvalue weighted by molar-refractivity contribution is -0.337. The fourth-order valence-corrected chi connectivity index (χ4v) is 3.78. The Balaban J connectivity index is 1.84. The second-order valence-electron chi connectivity index (χ2n) is 6.70. The molecule has 4 rings (SSSR count). The molecule has 1 aromatic carbocycles. The van der Waals surface area contributed by atoms with Gasteiger partial charge in [-0.3, -0.25) is 9.36 Å². The van der Waals surface area contributed by atoms with Crippen LogP contribution in [0.4, 0.5) is 0 Å². The molecule has 154 valence electrons. The van der Waals surface area contributed by atoms with Gasteiger partial charge in [-0.05, 0) is 5.56 Å². The number of benzene rings is 1. The SMILES string of the molecule is COOC[C@@H]1C[C@@H](OOC)[C@](Cc2ccccc2)(n2cnc3c(=O)[nH]cnc32)O1. The highest BCUT2D eigenvalue weighted by atomic mass is 17.2. The van der Waals surface area contributed by atoms with Gasteiger partial charge in [0.15, 0.2) is 16.9 Å². The standard InChI is InChI=1S/C19H22N4O6/c1-25-27-10-14-8-15(29-26-2)19(28-14,9-13-6-4-3-5-7-13)23-12-22-16-17(23)20-11-21-18(16)24/h3-7,11-12,14-15H,8-10H2,1-2H3,(H,20,21,24)/t14-,15+,19+/m0/s1. The first kappa shape index (κ1) is 19.7. The highest BCUT2D eigenvalue weighted by Gasteiger charge is 2.53. The summed E-state index contributed by atoms with van der Waals surface area (Å²) in [6, 6.07) is 9.83. The first-order valence-corrected chi connectivity index (χ1v) is 9.16. The molecule has 1 aliphatic rings. The molecule has 2 aromatic heterocycles. The van der Waals surface area contributed by atoms with Gasteiger partial charge in [-0.25, -0.2) is 29.5 Å². The van der Waals surface area contributed by atoms with E-state index in [1.165, 1.54) is 20.5 Å². The quantitative estimate of drug-likeness (QED) is 0.444. The van der Waals surface area contributed by atoms with Crippen molar-refractivity contribution in [3.05, 3.63) is 58.9 Å². The van der Waals surface area contributed by atoms with E-state index in [-0.39, 0.29) is 23.8 Å². The fourth-order valence-electron chi connectivity index (χ4n) is 3.78. The maximum absolute atomic E-state index is 12.2. The number of aromatic nitrogens is 4. The van der Waals surface area contributed by atoms with Crippen molar-refractivity contribution in [2.75, 3.05) is 20.8 Å². The first-order valence-electron chi connectivity index (χ1n) is 9.16. The van der Waals surface area contributed by atoms with E-state index in [1.807, 2.05) is 30.3 Å². The third kappa shape index (κ3) is 3.68. The van der Waals surface area contributed by atoms with Gasteiger partial charge < -0.3 is 9.72 Å². The maximum atomic E-state index is 12.2. The third-order valence-corrected chi connectivity index (χ3v) is 4.98. The molecule has 0 radical (unpaired) electrons. The largest absolute Gasteiger partial charge is 0.346 e. The third-order valence-electron chi connectivity index (χ3n) is 4.98. The van der Waals surface area contributed by atoms with Gasteiger partial charge in [0.05, 0.1) is 33.0 Å². The molecule has 3 atom stereocenters. The molecular weight excluding hydrogens is 380 g/mol. The van der Waals surface area contributed by atoms with E-state index in [4.69, 9.17) is 24.3 Å². The van der Waals surface area contributed by atoms with Crippen LogP contribution in [0.15, 0.2) is 47.8 Å². The number of rotatable bonds is 8. The van der Waals surface area contributed by atoms with Gasteiger partial charge in [0.25, 0.3) is 5.56 Å². The topological polar surface area (TPSA) is 110 Å². The lowest BCUT2D eigenvalue weighted by atomic mass is 9.96. The Kier molecular flexibility index (Phi) is 5.69. The molecule has 10 nitrogen and oxygen atoms in total. The van der Waals surface area contributed by atoms with Crippen LogP contribution < -0.4 is 5.56 Å². The molecule has 0 bridgehead atoms. The Morgan fingerprint density at radius 3 is 2.83 bits per heavy atom. The van der Waals surface area contributed by atoms with Crippen molar-refractivity contribution >= 4 is 11.2 Å². The molecule has 10 heteroatoms.